The Labute approximate surface area is 174 Å². The van der Waals surface area contributed by atoms with E-state index in [0.717, 1.165) is 4.90 Å². The molecule has 8 nitrogen and oxygen atoms in total. The molecule has 1 aliphatic heterocycles. The van der Waals surface area contributed by atoms with Crippen LogP contribution in [-0.2, 0) is 16.1 Å². The van der Waals surface area contributed by atoms with Crippen LogP contribution < -0.4 is 0 Å². The second-order valence-electron chi connectivity index (χ2n) is 7.53. The smallest absolute Gasteiger partial charge is 0.338 e. The first-order valence-electron chi connectivity index (χ1n) is 9.46. The molecule has 3 rings (SSSR count). The van der Waals surface area contributed by atoms with E-state index in [4.69, 9.17) is 4.74 Å². The van der Waals surface area contributed by atoms with Gasteiger partial charge in [-0.25, -0.2) is 14.7 Å². The number of carbonyl (C=O) groups is 3. The molecule has 8 heteroatoms. The Bertz CT molecular complexity index is 1030. The lowest BCUT2D eigenvalue weighted by molar-refractivity contribution is -0.130. The van der Waals surface area contributed by atoms with E-state index in [1.165, 1.54) is 19.4 Å². The number of methoxy groups -OCH3 is 1. The van der Waals surface area contributed by atoms with Gasteiger partial charge in [0, 0.05) is 18.9 Å². The van der Waals surface area contributed by atoms with Gasteiger partial charge in [0.05, 0.1) is 12.2 Å². The third-order valence-corrected chi connectivity index (χ3v) is 5.23. The van der Waals surface area contributed by atoms with E-state index in [0.29, 0.717) is 11.1 Å². The topological polar surface area (TPSA) is 109 Å². The number of nitrogens with zero attached hydrogens (tertiary/aromatic N) is 3. The number of hydrogen-bond donors (Lipinski definition) is 1. The number of carbonyl (C=O) groups excluding carboxylic acids is 2. The SMILES string of the molecule is COCc1cnc(C2=NC(C)(C(C)C)C(=O)N2C(=O)c2ccccc2)c(C(=O)O)c1. The largest absolute Gasteiger partial charge is 0.478 e. The Morgan fingerprint density at radius 2 is 1.90 bits per heavy atom. The zero-order chi connectivity index (χ0) is 22.1. The van der Waals surface area contributed by atoms with Crippen LogP contribution in [0.4, 0.5) is 0 Å². The van der Waals surface area contributed by atoms with Crippen LogP contribution in [-0.4, -0.2) is 51.3 Å². The van der Waals surface area contributed by atoms with Gasteiger partial charge in [0.2, 0.25) is 0 Å². The summed E-state index contributed by atoms with van der Waals surface area (Å²) >= 11 is 0. The minimum absolute atomic E-state index is 0.0376. The molecule has 0 bridgehead atoms. The summed E-state index contributed by atoms with van der Waals surface area (Å²) in [6, 6.07) is 9.72. The van der Waals surface area contributed by atoms with Gasteiger partial charge in [-0.1, -0.05) is 32.0 Å². The molecule has 0 radical (unpaired) electrons. The normalized spacial score (nSPS) is 18.6. The molecule has 30 heavy (non-hydrogen) atoms. The third kappa shape index (κ3) is 3.61. The predicted molar refractivity (Wildman–Crippen MR) is 109 cm³/mol. The number of imide groups is 1. The molecule has 0 spiro atoms. The molecule has 1 unspecified atom stereocenters. The number of aromatic carboxylic acids is 1. The number of benzene rings is 1. The molecule has 2 heterocycles. The highest BCUT2D eigenvalue weighted by Crippen LogP contribution is 2.33. The maximum absolute atomic E-state index is 13.3. The van der Waals surface area contributed by atoms with Crippen molar-refractivity contribution < 1.29 is 24.2 Å². The summed E-state index contributed by atoms with van der Waals surface area (Å²) in [7, 11) is 1.49. The third-order valence-electron chi connectivity index (χ3n) is 5.23. The van der Waals surface area contributed by atoms with Gasteiger partial charge in [0.25, 0.3) is 11.8 Å². The van der Waals surface area contributed by atoms with Gasteiger partial charge in [0.1, 0.15) is 11.2 Å². The van der Waals surface area contributed by atoms with E-state index in [2.05, 4.69) is 9.98 Å². The Morgan fingerprint density at radius 1 is 1.23 bits per heavy atom. The van der Waals surface area contributed by atoms with E-state index in [1.807, 2.05) is 13.8 Å². The molecule has 156 valence electrons. The average Bonchev–Trinajstić information content (AvgIpc) is 3.00. The number of carboxylic acid groups (broad SMARTS) is 1. The van der Waals surface area contributed by atoms with Gasteiger partial charge in [-0.05, 0) is 36.6 Å². The Kier molecular flexibility index (Phi) is 5.80. The molecule has 1 aromatic carbocycles. The molecule has 0 fully saturated rings. The molecule has 2 amide bonds. The summed E-state index contributed by atoms with van der Waals surface area (Å²) in [6.45, 7) is 5.46. The van der Waals surface area contributed by atoms with Crippen molar-refractivity contribution in [1.82, 2.24) is 9.88 Å². The first-order valence-corrected chi connectivity index (χ1v) is 9.46. The average molecular weight is 409 g/mol. The van der Waals surface area contributed by atoms with Gasteiger partial charge in [-0.2, -0.15) is 0 Å². The summed E-state index contributed by atoms with van der Waals surface area (Å²) in [5, 5.41) is 9.74. The van der Waals surface area contributed by atoms with Crippen molar-refractivity contribution >= 4 is 23.6 Å². The maximum atomic E-state index is 13.3. The fraction of sp³-hybridized carbons (Fsp3) is 0.318. The van der Waals surface area contributed by atoms with Crippen molar-refractivity contribution in [2.24, 2.45) is 10.9 Å². The Hall–Kier alpha value is -3.39. The fourth-order valence-electron chi connectivity index (χ4n) is 3.17. The monoisotopic (exact) mass is 409 g/mol. The number of rotatable bonds is 6. The van der Waals surface area contributed by atoms with Crippen molar-refractivity contribution in [2.45, 2.75) is 32.9 Å². The second-order valence-corrected chi connectivity index (χ2v) is 7.53. The lowest BCUT2D eigenvalue weighted by atomic mass is 9.88. The number of hydrogen-bond acceptors (Lipinski definition) is 6. The van der Waals surface area contributed by atoms with Crippen LogP contribution in [0.1, 0.15) is 52.7 Å². The number of amides is 2. The quantitative estimate of drug-likeness (QED) is 0.735. The molecule has 1 aromatic heterocycles. The van der Waals surface area contributed by atoms with Crippen LogP contribution in [0.25, 0.3) is 0 Å². The van der Waals surface area contributed by atoms with Gasteiger partial charge >= 0.3 is 5.97 Å². The first-order chi connectivity index (χ1) is 14.2. The minimum Gasteiger partial charge on any atom is -0.478 e. The highest BCUT2D eigenvalue weighted by molar-refractivity contribution is 6.28. The molecule has 0 aliphatic carbocycles. The fourth-order valence-corrected chi connectivity index (χ4v) is 3.17. The Balaban J connectivity index is 2.20. The molecule has 0 saturated carbocycles. The van der Waals surface area contributed by atoms with E-state index in [1.54, 1.807) is 37.3 Å². The summed E-state index contributed by atoms with van der Waals surface area (Å²) in [5.74, 6) is -2.62. The van der Waals surface area contributed by atoms with Crippen molar-refractivity contribution in [3.05, 3.63) is 65.0 Å². The number of aliphatic imine (C=N–C) groups is 1. The highest BCUT2D eigenvalue weighted by Gasteiger charge is 2.50. The molecular formula is C22H23N3O5. The molecule has 2 aromatic rings. The number of carboxylic acids is 1. The maximum Gasteiger partial charge on any atom is 0.338 e. The molecule has 1 N–H and O–H groups in total. The van der Waals surface area contributed by atoms with Crippen LogP contribution in [0.3, 0.4) is 0 Å². The summed E-state index contributed by atoms with van der Waals surface area (Å²) in [4.78, 5) is 48.2. The zero-order valence-electron chi connectivity index (χ0n) is 17.2. The van der Waals surface area contributed by atoms with E-state index < -0.39 is 23.3 Å². The van der Waals surface area contributed by atoms with E-state index in [-0.39, 0.29) is 29.6 Å². The lowest BCUT2D eigenvalue weighted by Gasteiger charge is -2.25. The van der Waals surface area contributed by atoms with Crippen molar-refractivity contribution in [3.8, 4) is 0 Å². The lowest BCUT2D eigenvalue weighted by Crippen LogP contribution is -2.47. The Morgan fingerprint density at radius 3 is 2.47 bits per heavy atom. The van der Waals surface area contributed by atoms with Gasteiger partial charge in [0.15, 0.2) is 5.84 Å². The van der Waals surface area contributed by atoms with Crippen LogP contribution in [0.15, 0.2) is 47.6 Å². The van der Waals surface area contributed by atoms with Crippen LogP contribution >= 0.6 is 0 Å². The van der Waals surface area contributed by atoms with Crippen LogP contribution in [0.2, 0.25) is 0 Å². The van der Waals surface area contributed by atoms with E-state index in [9.17, 15) is 19.5 Å². The zero-order valence-corrected chi connectivity index (χ0v) is 17.2. The molecule has 0 saturated heterocycles. The second kappa shape index (κ2) is 8.16. The van der Waals surface area contributed by atoms with E-state index >= 15 is 0 Å². The minimum atomic E-state index is -1.24. The summed E-state index contributed by atoms with van der Waals surface area (Å²) in [5.41, 5.74) is -0.572. The summed E-state index contributed by atoms with van der Waals surface area (Å²) in [6.07, 6.45) is 1.45. The molecule has 1 aliphatic rings. The van der Waals surface area contributed by atoms with Gasteiger partial charge in [-0.15, -0.1) is 0 Å². The number of aromatic nitrogens is 1. The number of pyridine rings is 1. The van der Waals surface area contributed by atoms with Gasteiger partial charge < -0.3 is 9.84 Å². The van der Waals surface area contributed by atoms with Gasteiger partial charge in [-0.3, -0.25) is 14.6 Å². The molecule has 1 atom stereocenters. The predicted octanol–water partition coefficient (Wildman–Crippen LogP) is 2.77. The summed E-state index contributed by atoms with van der Waals surface area (Å²) < 4.78 is 5.04. The molecular weight excluding hydrogens is 386 g/mol. The highest BCUT2D eigenvalue weighted by atomic mass is 16.5. The van der Waals surface area contributed by atoms with Crippen molar-refractivity contribution in [2.75, 3.05) is 7.11 Å². The van der Waals surface area contributed by atoms with Crippen molar-refractivity contribution in [3.63, 3.8) is 0 Å². The van der Waals surface area contributed by atoms with Crippen LogP contribution in [0.5, 0.6) is 0 Å². The number of ether oxygens (including phenoxy) is 1. The standard InChI is InChI=1S/C22H23N3O5/c1-13(2)22(3)21(29)25(19(26)15-8-6-5-7-9-15)18(24-22)17-16(20(27)28)10-14(11-23-17)12-30-4/h5-11,13H,12H2,1-4H3,(H,27,28). The van der Waals surface area contributed by atoms with Crippen LogP contribution in [0, 0.1) is 5.92 Å². The number of amidine groups is 1. The van der Waals surface area contributed by atoms with Crippen molar-refractivity contribution in [1.29, 1.82) is 0 Å². The first kappa shape index (κ1) is 21.3.